The fourth-order valence-corrected chi connectivity index (χ4v) is 0.552. The summed E-state index contributed by atoms with van der Waals surface area (Å²) in [7, 11) is 1.38. The normalized spacial score (nSPS) is 11.3. The minimum absolute atomic E-state index is 0.0638. The summed E-state index contributed by atoms with van der Waals surface area (Å²) in [5, 5.41) is 0. The summed E-state index contributed by atoms with van der Waals surface area (Å²) in [5.74, 6) is -0.216. The number of hydrogen-bond acceptors (Lipinski definition) is 2. The number of carbonyl (C=O) groups excluding carboxylic acids is 1. The van der Waals surface area contributed by atoms with E-state index in [1.165, 1.54) is 7.11 Å². The largest absolute Gasteiger partial charge is 0.468 e. The van der Waals surface area contributed by atoms with Gasteiger partial charge in [-0.3, -0.25) is 4.79 Å². The van der Waals surface area contributed by atoms with Gasteiger partial charge in [0.05, 0.1) is 7.11 Å². The van der Waals surface area contributed by atoms with Gasteiger partial charge in [0, 0.05) is 6.42 Å². The average Bonchev–Trinajstić information content (AvgIpc) is 2.00. The summed E-state index contributed by atoms with van der Waals surface area (Å²) in [6.45, 7) is 2.01. The molecule has 0 spiro atoms. The predicted octanol–water partition coefficient (Wildman–Crippen LogP) is 0.664. The van der Waals surface area contributed by atoms with E-state index in [2.05, 4.69) is 9.73 Å². The van der Waals surface area contributed by atoms with E-state index < -0.39 is 0 Å². The molecule has 0 saturated heterocycles. The van der Waals surface area contributed by atoms with Crippen LogP contribution < -0.4 is 5.73 Å². The fourth-order valence-electron chi connectivity index (χ4n) is 0.552. The zero-order chi connectivity index (χ0) is 8.69. The highest BCUT2D eigenvalue weighted by molar-refractivity contribution is 5.89. The van der Waals surface area contributed by atoms with Gasteiger partial charge < -0.3 is 10.5 Å². The first kappa shape index (κ1) is 9.94. The van der Waals surface area contributed by atoms with Gasteiger partial charge in [-0.15, -0.1) is 0 Å². The number of nitrogens with two attached hydrogens (primary N) is 1. The first-order valence-corrected chi connectivity index (χ1v) is 3.61. The number of rotatable bonds is 3. The average molecular weight is 158 g/mol. The molecule has 0 radical (unpaired) electrons. The molecule has 0 bridgehead atoms. The molecular weight excluding hydrogens is 144 g/mol. The van der Waals surface area contributed by atoms with E-state index in [0.717, 1.165) is 12.8 Å². The lowest BCUT2D eigenvalue weighted by Gasteiger charge is -1.95. The molecule has 1 amide bonds. The van der Waals surface area contributed by atoms with Gasteiger partial charge in [-0.05, 0) is 6.42 Å². The van der Waals surface area contributed by atoms with Gasteiger partial charge >= 0.3 is 0 Å². The van der Waals surface area contributed by atoms with Crippen LogP contribution in [0, 0.1) is 0 Å². The van der Waals surface area contributed by atoms with Crippen molar-refractivity contribution in [1.29, 1.82) is 0 Å². The Hall–Kier alpha value is -1.06. The molecule has 64 valence electrons. The Labute approximate surface area is 66.4 Å². The molecule has 0 fully saturated rings. The van der Waals surface area contributed by atoms with Crippen LogP contribution in [-0.2, 0) is 9.53 Å². The molecule has 0 aromatic heterocycles. The second kappa shape index (κ2) is 5.70. The third kappa shape index (κ3) is 5.39. The Morgan fingerprint density at radius 2 is 2.27 bits per heavy atom. The summed E-state index contributed by atoms with van der Waals surface area (Å²) in [6, 6.07) is -0.0638. The molecule has 0 aliphatic carbocycles. The molecule has 0 rings (SSSR count). The predicted molar refractivity (Wildman–Crippen MR) is 43.2 cm³/mol. The standard InChI is InChI=1S/C7H14N2O2/c1-3-4-5-6(10)9-7(8)11-2/h3-5H2,1-2H3,(H2,8,9,10). The third-order valence-corrected chi connectivity index (χ3v) is 1.19. The van der Waals surface area contributed by atoms with Crippen molar-refractivity contribution in [2.75, 3.05) is 7.11 Å². The van der Waals surface area contributed by atoms with E-state index in [0.29, 0.717) is 6.42 Å². The minimum atomic E-state index is -0.216. The monoisotopic (exact) mass is 158 g/mol. The molecule has 2 N–H and O–H groups in total. The molecular formula is C7H14N2O2. The first-order valence-electron chi connectivity index (χ1n) is 3.61. The Kier molecular flexibility index (Phi) is 5.15. The van der Waals surface area contributed by atoms with Crippen molar-refractivity contribution in [3.63, 3.8) is 0 Å². The maximum atomic E-state index is 10.8. The minimum Gasteiger partial charge on any atom is -0.468 e. The number of ether oxygens (including phenoxy) is 1. The van der Waals surface area contributed by atoms with Crippen LogP contribution in [0.5, 0.6) is 0 Å². The summed E-state index contributed by atoms with van der Waals surface area (Å²) in [4.78, 5) is 14.3. The van der Waals surface area contributed by atoms with Crippen molar-refractivity contribution in [3.05, 3.63) is 0 Å². The number of amides is 1. The highest BCUT2D eigenvalue weighted by Gasteiger charge is 1.98. The van der Waals surface area contributed by atoms with Crippen LogP contribution >= 0.6 is 0 Å². The number of hydrogen-bond donors (Lipinski definition) is 1. The number of nitrogens with zero attached hydrogens (tertiary/aromatic N) is 1. The number of unbranched alkanes of at least 4 members (excludes halogenated alkanes) is 1. The van der Waals surface area contributed by atoms with Crippen LogP contribution in [0.2, 0.25) is 0 Å². The smallest absolute Gasteiger partial charge is 0.289 e. The summed E-state index contributed by atoms with van der Waals surface area (Å²) < 4.78 is 4.51. The van der Waals surface area contributed by atoms with E-state index in [9.17, 15) is 4.79 Å². The van der Waals surface area contributed by atoms with E-state index >= 15 is 0 Å². The van der Waals surface area contributed by atoms with Crippen molar-refractivity contribution in [2.45, 2.75) is 26.2 Å². The van der Waals surface area contributed by atoms with Gasteiger partial charge in [0.15, 0.2) is 0 Å². The van der Waals surface area contributed by atoms with Crippen LogP contribution in [0.4, 0.5) is 0 Å². The maximum absolute atomic E-state index is 10.8. The van der Waals surface area contributed by atoms with E-state index in [-0.39, 0.29) is 11.9 Å². The summed E-state index contributed by atoms with van der Waals surface area (Å²) in [5.41, 5.74) is 5.15. The highest BCUT2D eigenvalue weighted by Crippen LogP contribution is 1.95. The zero-order valence-corrected chi connectivity index (χ0v) is 6.96. The molecule has 0 aromatic rings. The maximum Gasteiger partial charge on any atom is 0.289 e. The Bertz CT molecular complexity index is 155. The Balaban J connectivity index is 3.67. The lowest BCUT2D eigenvalue weighted by molar-refractivity contribution is -0.118. The molecule has 4 nitrogen and oxygen atoms in total. The van der Waals surface area contributed by atoms with Crippen molar-refractivity contribution in [2.24, 2.45) is 10.7 Å². The molecule has 0 atom stereocenters. The van der Waals surface area contributed by atoms with Crippen LogP contribution in [0.3, 0.4) is 0 Å². The van der Waals surface area contributed by atoms with E-state index in [1.807, 2.05) is 6.92 Å². The molecule has 11 heavy (non-hydrogen) atoms. The van der Waals surface area contributed by atoms with Crippen molar-refractivity contribution >= 4 is 11.9 Å². The second-order valence-corrected chi connectivity index (χ2v) is 2.15. The molecule has 0 aliphatic rings. The topological polar surface area (TPSA) is 64.7 Å². The molecule has 0 heterocycles. The second-order valence-electron chi connectivity index (χ2n) is 2.15. The van der Waals surface area contributed by atoms with Crippen LogP contribution in [0.25, 0.3) is 0 Å². The van der Waals surface area contributed by atoms with Crippen LogP contribution in [0.1, 0.15) is 26.2 Å². The van der Waals surface area contributed by atoms with Crippen LogP contribution in [-0.4, -0.2) is 19.0 Å². The summed E-state index contributed by atoms with van der Waals surface area (Å²) >= 11 is 0. The van der Waals surface area contributed by atoms with Gasteiger partial charge in [0.25, 0.3) is 6.02 Å². The van der Waals surface area contributed by atoms with Crippen LogP contribution in [0.15, 0.2) is 4.99 Å². The van der Waals surface area contributed by atoms with Gasteiger partial charge in [-0.2, -0.15) is 4.99 Å². The number of aliphatic imine (C=N–C) groups is 1. The van der Waals surface area contributed by atoms with Gasteiger partial charge in [0.2, 0.25) is 5.91 Å². The number of amidine groups is 1. The lowest BCUT2D eigenvalue weighted by Crippen LogP contribution is -2.15. The van der Waals surface area contributed by atoms with E-state index in [1.54, 1.807) is 0 Å². The molecule has 0 saturated carbocycles. The van der Waals surface area contributed by atoms with Crippen molar-refractivity contribution in [3.8, 4) is 0 Å². The quantitative estimate of drug-likeness (QED) is 0.485. The highest BCUT2D eigenvalue weighted by atomic mass is 16.5. The van der Waals surface area contributed by atoms with Crippen molar-refractivity contribution in [1.82, 2.24) is 0 Å². The lowest BCUT2D eigenvalue weighted by atomic mass is 10.2. The SMILES string of the molecule is CCCCC(=O)N=C(N)OC. The summed E-state index contributed by atoms with van der Waals surface area (Å²) in [6.07, 6.45) is 2.27. The first-order chi connectivity index (χ1) is 5.20. The molecule has 0 aromatic carbocycles. The zero-order valence-electron chi connectivity index (χ0n) is 6.96. The fraction of sp³-hybridized carbons (Fsp3) is 0.714. The number of methoxy groups -OCH3 is 1. The van der Waals surface area contributed by atoms with Gasteiger partial charge in [0.1, 0.15) is 0 Å². The Morgan fingerprint density at radius 3 is 2.73 bits per heavy atom. The molecule has 4 heteroatoms. The Morgan fingerprint density at radius 1 is 1.64 bits per heavy atom. The van der Waals surface area contributed by atoms with E-state index in [4.69, 9.17) is 5.73 Å². The number of carbonyl (C=O) groups is 1. The molecule has 0 unspecified atom stereocenters. The van der Waals surface area contributed by atoms with Gasteiger partial charge in [-0.25, -0.2) is 0 Å². The third-order valence-electron chi connectivity index (χ3n) is 1.19. The molecule has 0 aliphatic heterocycles. The van der Waals surface area contributed by atoms with Crippen molar-refractivity contribution < 1.29 is 9.53 Å². The van der Waals surface area contributed by atoms with Gasteiger partial charge in [-0.1, -0.05) is 13.3 Å².